The van der Waals surface area contributed by atoms with Gasteiger partial charge in [0.2, 0.25) is 0 Å². The van der Waals surface area contributed by atoms with E-state index in [4.69, 9.17) is 33.0 Å². The number of nitrogens with one attached hydrogen (secondary N) is 1. The molecule has 7 heteroatoms. The number of halogens is 2. The van der Waals surface area contributed by atoms with Gasteiger partial charge < -0.3 is 15.2 Å². The van der Waals surface area contributed by atoms with Crippen LogP contribution < -0.4 is 5.32 Å². The summed E-state index contributed by atoms with van der Waals surface area (Å²) in [5, 5.41) is 12.5. The zero-order chi connectivity index (χ0) is 16.8. The fourth-order valence-corrected chi connectivity index (χ4v) is 2.33. The van der Waals surface area contributed by atoms with Crippen molar-refractivity contribution in [3.05, 3.63) is 58.1 Å². The van der Waals surface area contributed by atoms with Gasteiger partial charge >= 0.3 is 5.97 Å². The number of amides is 1. The first-order valence-electron chi connectivity index (χ1n) is 6.62. The molecule has 5 nitrogen and oxygen atoms in total. The van der Waals surface area contributed by atoms with Crippen LogP contribution in [0, 0.1) is 0 Å². The van der Waals surface area contributed by atoms with Crippen molar-refractivity contribution in [1.29, 1.82) is 0 Å². The lowest BCUT2D eigenvalue weighted by atomic mass is 10.1. The summed E-state index contributed by atoms with van der Waals surface area (Å²) >= 11 is 11.6. The Hall–Kier alpha value is -2.24. The molecule has 2 rings (SSSR count). The molecule has 0 aliphatic heterocycles. The van der Waals surface area contributed by atoms with Crippen LogP contribution in [0.2, 0.25) is 10.0 Å². The highest BCUT2D eigenvalue weighted by molar-refractivity contribution is 6.35. The lowest BCUT2D eigenvalue weighted by Crippen LogP contribution is -2.21. The van der Waals surface area contributed by atoms with E-state index in [9.17, 15) is 9.59 Å². The number of esters is 1. The number of aromatic hydroxyl groups is 1. The molecule has 0 aromatic heterocycles. The van der Waals surface area contributed by atoms with Crippen LogP contribution in [0.3, 0.4) is 0 Å². The Bertz CT molecular complexity index is 696. The third kappa shape index (κ3) is 5.81. The van der Waals surface area contributed by atoms with E-state index in [0.29, 0.717) is 21.3 Å². The minimum atomic E-state index is -0.546. The summed E-state index contributed by atoms with van der Waals surface area (Å²) in [7, 11) is 0. The monoisotopic (exact) mass is 353 g/mol. The molecule has 0 saturated carbocycles. The highest BCUT2D eigenvalue weighted by atomic mass is 35.5. The highest BCUT2D eigenvalue weighted by Crippen LogP contribution is 2.22. The van der Waals surface area contributed by atoms with Crippen molar-refractivity contribution in [3.63, 3.8) is 0 Å². The molecule has 0 spiro atoms. The van der Waals surface area contributed by atoms with Crippen molar-refractivity contribution >= 4 is 40.8 Å². The van der Waals surface area contributed by atoms with E-state index < -0.39 is 18.5 Å². The molecule has 2 N–H and O–H groups in total. The van der Waals surface area contributed by atoms with Gasteiger partial charge in [-0.3, -0.25) is 9.59 Å². The Morgan fingerprint density at radius 1 is 1.04 bits per heavy atom. The Balaban J connectivity index is 1.81. The van der Waals surface area contributed by atoms with Crippen molar-refractivity contribution < 1.29 is 19.4 Å². The molecule has 2 aromatic rings. The van der Waals surface area contributed by atoms with E-state index >= 15 is 0 Å². The zero-order valence-corrected chi connectivity index (χ0v) is 13.4. The van der Waals surface area contributed by atoms with Crippen molar-refractivity contribution in [3.8, 4) is 5.75 Å². The summed E-state index contributed by atoms with van der Waals surface area (Å²) in [6.07, 6.45) is 0.0105. The second-order valence-electron chi connectivity index (χ2n) is 4.71. The summed E-state index contributed by atoms with van der Waals surface area (Å²) in [6.45, 7) is -0.416. The number of hydrogen-bond acceptors (Lipinski definition) is 4. The SMILES string of the molecule is O=C(COC(=O)Cc1ccc(O)cc1)Nc1cc(Cl)cc(Cl)c1. The van der Waals surface area contributed by atoms with E-state index in [1.807, 2.05) is 0 Å². The fourth-order valence-electron chi connectivity index (χ4n) is 1.80. The summed E-state index contributed by atoms with van der Waals surface area (Å²) in [4.78, 5) is 23.4. The average Bonchev–Trinajstić information content (AvgIpc) is 2.46. The number of ether oxygens (including phenoxy) is 1. The third-order valence-corrected chi connectivity index (χ3v) is 3.23. The van der Waals surface area contributed by atoms with Gasteiger partial charge in [0.05, 0.1) is 6.42 Å². The predicted octanol–water partition coefficient (Wildman–Crippen LogP) is 3.42. The highest BCUT2D eigenvalue weighted by Gasteiger charge is 2.09. The lowest BCUT2D eigenvalue weighted by Gasteiger charge is -2.07. The molecule has 0 bridgehead atoms. The summed E-state index contributed by atoms with van der Waals surface area (Å²) in [6, 6.07) is 10.7. The maximum absolute atomic E-state index is 11.7. The Morgan fingerprint density at radius 2 is 1.65 bits per heavy atom. The van der Waals surface area contributed by atoms with Crippen LogP contribution in [-0.2, 0) is 20.7 Å². The van der Waals surface area contributed by atoms with Crippen molar-refractivity contribution in [2.45, 2.75) is 6.42 Å². The molecule has 0 saturated heterocycles. The smallest absolute Gasteiger partial charge is 0.310 e. The minimum absolute atomic E-state index is 0.0105. The van der Waals surface area contributed by atoms with Gasteiger partial charge in [0.1, 0.15) is 5.75 Å². The van der Waals surface area contributed by atoms with Crippen molar-refractivity contribution in [2.24, 2.45) is 0 Å². The molecular weight excluding hydrogens is 341 g/mol. The molecular formula is C16H13Cl2NO4. The van der Waals surface area contributed by atoms with Gasteiger partial charge in [0, 0.05) is 15.7 Å². The van der Waals surface area contributed by atoms with Crippen LogP contribution in [0.1, 0.15) is 5.56 Å². The second-order valence-corrected chi connectivity index (χ2v) is 5.58. The van der Waals surface area contributed by atoms with E-state index in [-0.39, 0.29) is 12.2 Å². The third-order valence-electron chi connectivity index (χ3n) is 2.80. The molecule has 0 unspecified atom stereocenters. The normalized spacial score (nSPS) is 10.2. The Labute approximate surface area is 142 Å². The van der Waals surface area contributed by atoms with Crippen LogP contribution in [0.5, 0.6) is 5.75 Å². The van der Waals surface area contributed by atoms with E-state index in [1.165, 1.54) is 30.3 Å². The topological polar surface area (TPSA) is 75.6 Å². The fraction of sp³-hybridized carbons (Fsp3) is 0.125. The van der Waals surface area contributed by atoms with Gasteiger partial charge in [0.15, 0.2) is 6.61 Å². The molecule has 0 radical (unpaired) electrons. The van der Waals surface area contributed by atoms with Crippen LogP contribution >= 0.6 is 23.2 Å². The minimum Gasteiger partial charge on any atom is -0.508 e. The Morgan fingerprint density at radius 3 is 2.26 bits per heavy atom. The summed E-state index contributed by atoms with van der Waals surface area (Å²) in [5.41, 5.74) is 1.09. The molecule has 23 heavy (non-hydrogen) atoms. The molecule has 0 atom stereocenters. The lowest BCUT2D eigenvalue weighted by molar-refractivity contribution is -0.146. The number of benzene rings is 2. The van der Waals surface area contributed by atoms with Gasteiger partial charge in [-0.25, -0.2) is 0 Å². The number of hydrogen-bond donors (Lipinski definition) is 2. The number of rotatable bonds is 5. The zero-order valence-electron chi connectivity index (χ0n) is 11.9. The standard InChI is InChI=1S/C16H13Cl2NO4/c17-11-6-12(18)8-13(7-11)19-15(21)9-23-16(22)5-10-1-3-14(20)4-2-10/h1-4,6-8,20H,5,9H2,(H,19,21). The largest absolute Gasteiger partial charge is 0.508 e. The van der Waals surface area contributed by atoms with Gasteiger partial charge in [-0.15, -0.1) is 0 Å². The van der Waals surface area contributed by atoms with Crippen molar-refractivity contribution in [1.82, 2.24) is 0 Å². The molecule has 0 heterocycles. The van der Waals surface area contributed by atoms with Crippen LogP contribution in [0.4, 0.5) is 5.69 Å². The van der Waals surface area contributed by atoms with E-state index in [1.54, 1.807) is 12.1 Å². The maximum Gasteiger partial charge on any atom is 0.310 e. The van der Waals surface area contributed by atoms with E-state index in [0.717, 1.165) is 0 Å². The van der Waals surface area contributed by atoms with Crippen LogP contribution in [-0.4, -0.2) is 23.6 Å². The number of phenols is 1. The quantitative estimate of drug-likeness (QED) is 0.807. The number of carbonyl (C=O) groups is 2. The molecule has 2 aromatic carbocycles. The molecule has 0 fully saturated rings. The number of carbonyl (C=O) groups excluding carboxylic acids is 2. The van der Waals surface area contributed by atoms with Gasteiger partial charge in [-0.2, -0.15) is 0 Å². The van der Waals surface area contributed by atoms with Gasteiger partial charge in [-0.05, 0) is 35.9 Å². The van der Waals surface area contributed by atoms with Crippen LogP contribution in [0.15, 0.2) is 42.5 Å². The maximum atomic E-state index is 11.7. The van der Waals surface area contributed by atoms with E-state index in [2.05, 4.69) is 5.32 Å². The Kier molecular flexibility index (Phi) is 5.84. The molecule has 1 amide bonds. The molecule has 120 valence electrons. The first-order chi connectivity index (χ1) is 10.9. The average molecular weight is 354 g/mol. The van der Waals surface area contributed by atoms with Crippen LogP contribution in [0.25, 0.3) is 0 Å². The van der Waals surface area contributed by atoms with Crippen molar-refractivity contribution in [2.75, 3.05) is 11.9 Å². The van der Waals surface area contributed by atoms with Gasteiger partial charge in [-0.1, -0.05) is 35.3 Å². The predicted molar refractivity (Wildman–Crippen MR) is 87.9 cm³/mol. The first-order valence-corrected chi connectivity index (χ1v) is 7.37. The van der Waals surface area contributed by atoms with Gasteiger partial charge in [0.25, 0.3) is 5.91 Å². The molecule has 0 aliphatic rings. The summed E-state index contributed by atoms with van der Waals surface area (Å²) < 4.78 is 4.89. The second kappa shape index (κ2) is 7.85. The summed E-state index contributed by atoms with van der Waals surface area (Å²) in [5.74, 6) is -0.931. The number of anilines is 1. The first kappa shape index (κ1) is 17.1. The molecule has 0 aliphatic carbocycles. The number of phenolic OH excluding ortho intramolecular Hbond substituents is 1.